The lowest BCUT2D eigenvalue weighted by molar-refractivity contribution is 1.18. The van der Waals surface area contributed by atoms with E-state index in [9.17, 15) is 0 Å². The number of benzene rings is 5. The zero-order chi connectivity index (χ0) is 37.3. The number of hydrogen-bond donors (Lipinski definition) is 3. The molecule has 6 aromatic rings. The van der Waals surface area contributed by atoms with Crippen molar-refractivity contribution in [1.82, 2.24) is 9.97 Å². The Balaban J connectivity index is 1.38. The van der Waals surface area contributed by atoms with E-state index >= 15 is 0 Å². The number of nitrogens with one attached hydrogen (secondary N) is 1. The minimum absolute atomic E-state index is 0.686. The van der Waals surface area contributed by atoms with E-state index in [0.717, 1.165) is 90.7 Å². The average Bonchev–Trinajstić information content (AvgIpc) is 3.52. The summed E-state index contributed by atoms with van der Waals surface area (Å²) in [7, 11) is 1.94. The van der Waals surface area contributed by atoms with Crippen LogP contribution in [0.15, 0.2) is 182 Å². The second kappa shape index (κ2) is 16.6. The monoisotopic (exact) mass is 701 g/mol. The van der Waals surface area contributed by atoms with Gasteiger partial charge in [0.05, 0.1) is 22.8 Å². The van der Waals surface area contributed by atoms with Gasteiger partial charge in [0.15, 0.2) is 0 Å². The molecule has 0 unspecified atom stereocenters. The van der Waals surface area contributed by atoms with Crippen molar-refractivity contribution in [2.75, 3.05) is 18.1 Å². The number of rotatable bonds is 10. The Morgan fingerprint density at radius 3 is 1.85 bits per heavy atom. The molecule has 0 spiro atoms. The van der Waals surface area contributed by atoms with E-state index in [1.807, 2.05) is 62.6 Å². The summed E-state index contributed by atoms with van der Waals surface area (Å²) < 4.78 is 0. The number of nitrogen functional groups attached to an aromatic ring is 1. The SMILES string of the molecule is C\C=C/C=C(N)\C=C\c1ccc(-c2nc(C3=CC=CCC=C3)c(-c3ccc(-c4cccc(N)c4)cc3)nc2-c2ccc(-c3cccc(NC)c3)cc2)cc1. The predicted octanol–water partition coefficient (Wildman–Crippen LogP) is 11.8. The normalized spacial score (nSPS) is 13.0. The molecule has 5 nitrogen and oxygen atoms in total. The van der Waals surface area contributed by atoms with Gasteiger partial charge in [-0.05, 0) is 77.6 Å². The fourth-order valence-electron chi connectivity index (χ4n) is 6.40. The Morgan fingerprint density at radius 1 is 0.648 bits per heavy atom. The number of anilines is 2. The molecule has 264 valence electrons. The van der Waals surface area contributed by atoms with Gasteiger partial charge in [-0.2, -0.15) is 0 Å². The lowest BCUT2D eigenvalue weighted by Crippen LogP contribution is -2.03. The maximum Gasteiger partial charge on any atom is 0.0973 e. The van der Waals surface area contributed by atoms with Crippen molar-refractivity contribution < 1.29 is 0 Å². The van der Waals surface area contributed by atoms with Crippen LogP contribution in [-0.4, -0.2) is 17.0 Å². The molecule has 0 amide bonds. The third-order valence-electron chi connectivity index (χ3n) is 9.31. The van der Waals surface area contributed by atoms with Crippen LogP contribution in [0.4, 0.5) is 11.4 Å². The molecule has 0 bridgehead atoms. The molecule has 7 rings (SSSR count). The molecule has 1 aliphatic carbocycles. The molecule has 5 aromatic carbocycles. The minimum atomic E-state index is 0.686. The summed E-state index contributed by atoms with van der Waals surface area (Å²) in [5, 5.41) is 3.25. The van der Waals surface area contributed by atoms with E-state index in [-0.39, 0.29) is 0 Å². The van der Waals surface area contributed by atoms with Gasteiger partial charge in [0.1, 0.15) is 0 Å². The minimum Gasteiger partial charge on any atom is -0.399 e. The van der Waals surface area contributed by atoms with Crippen molar-refractivity contribution in [3.8, 4) is 56.0 Å². The molecule has 5 N–H and O–H groups in total. The molecule has 54 heavy (non-hydrogen) atoms. The summed E-state index contributed by atoms with van der Waals surface area (Å²) in [6.07, 6.45) is 21.2. The van der Waals surface area contributed by atoms with E-state index in [2.05, 4.69) is 139 Å². The summed E-state index contributed by atoms with van der Waals surface area (Å²) in [5.74, 6) is 0. The van der Waals surface area contributed by atoms with Crippen LogP contribution >= 0.6 is 0 Å². The van der Waals surface area contributed by atoms with Crippen LogP contribution in [0.2, 0.25) is 0 Å². The van der Waals surface area contributed by atoms with E-state index in [4.69, 9.17) is 21.4 Å². The molecule has 0 fully saturated rings. The highest BCUT2D eigenvalue weighted by atomic mass is 14.9. The summed E-state index contributed by atoms with van der Waals surface area (Å²) in [6.45, 7) is 1.97. The van der Waals surface area contributed by atoms with Crippen LogP contribution in [0.25, 0.3) is 67.7 Å². The Morgan fingerprint density at radius 2 is 1.22 bits per heavy atom. The number of nitrogens with two attached hydrogens (primary N) is 2. The number of allylic oxidation sites excluding steroid dienone is 10. The lowest BCUT2D eigenvalue weighted by Gasteiger charge is -2.17. The van der Waals surface area contributed by atoms with Gasteiger partial charge < -0.3 is 16.8 Å². The lowest BCUT2D eigenvalue weighted by atomic mass is 9.96. The van der Waals surface area contributed by atoms with Gasteiger partial charge in [-0.1, -0.05) is 146 Å². The Labute approximate surface area is 318 Å². The molecule has 5 heteroatoms. The van der Waals surface area contributed by atoms with Gasteiger partial charge in [-0.15, -0.1) is 0 Å². The number of aromatic nitrogens is 2. The van der Waals surface area contributed by atoms with Gasteiger partial charge in [-0.25, -0.2) is 9.97 Å². The molecule has 1 aromatic heterocycles. The highest BCUT2D eigenvalue weighted by Crippen LogP contribution is 2.38. The standard InChI is InChI=1S/C49H43N5/c1-3-4-15-43(50)31-20-34-18-21-38(22-19-34)47-49(40-29-25-36(26-30-40)42-14-10-17-45(33-42)52-2)54-48(46(53-47)37-11-7-5-6-8-12-37)39-27-23-35(24-28-39)41-13-9-16-44(51)32-41/h3-5,7-33,52H,6,50-51H2,1-2H3/b4-3-,31-20+,43-15+. The highest BCUT2D eigenvalue weighted by Gasteiger charge is 2.20. The number of hydrogen-bond acceptors (Lipinski definition) is 5. The van der Waals surface area contributed by atoms with Gasteiger partial charge in [-0.3, -0.25) is 0 Å². The molecule has 0 radical (unpaired) electrons. The van der Waals surface area contributed by atoms with Gasteiger partial charge >= 0.3 is 0 Å². The van der Waals surface area contributed by atoms with E-state index in [1.165, 1.54) is 0 Å². The maximum absolute atomic E-state index is 6.16. The van der Waals surface area contributed by atoms with Crippen molar-refractivity contribution in [1.29, 1.82) is 0 Å². The second-order valence-electron chi connectivity index (χ2n) is 13.1. The van der Waals surface area contributed by atoms with Crippen molar-refractivity contribution in [2.45, 2.75) is 13.3 Å². The quantitative estimate of drug-likeness (QED) is 0.0977. The first-order chi connectivity index (χ1) is 26.5. The first-order valence-electron chi connectivity index (χ1n) is 18.2. The third-order valence-corrected chi connectivity index (χ3v) is 9.31. The zero-order valence-corrected chi connectivity index (χ0v) is 30.6. The summed E-state index contributed by atoms with van der Waals surface area (Å²) in [4.78, 5) is 11.0. The third kappa shape index (κ3) is 8.22. The Hall–Kier alpha value is -6.98. The highest BCUT2D eigenvalue weighted by molar-refractivity contribution is 5.89. The first-order valence-corrected chi connectivity index (χ1v) is 18.2. The van der Waals surface area contributed by atoms with E-state index in [0.29, 0.717) is 5.70 Å². The van der Waals surface area contributed by atoms with Crippen LogP contribution in [-0.2, 0) is 0 Å². The van der Waals surface area contributed by atoms with Crippen LogP contribution in [0.5, 0.6) is 0 Å². The zero-order valence-electron chi connectivity index (χ0n) is 30.6. The molecular weight excluding hydrogens is 659 g/mol. The molecule has 0 atom stereocenters. The van der Waals surface area contributed by atoms with Crippen molar-refractivity contribution >= 4 is 23.0 Å². The molecule has 1 aliphatic rings. The first kappa shape index (κ1) is 35.4. The van der Waals surface area contributed by atoms with Crippen LogP contribution < -0.4 is 16.8 Å². The van der Waals surface area contributed by atoms with E-state index in [1.54, 1.807) is 0 Å². The summed E-state index contributed by atoms with van der Waals surface area (Å²) in [5.41, 5.74) is 27.4. The van der Waals surface area contributed by atoms with Crippen molar-refractivity contribution in [3.63, 3.8) is 0 Å². The second-order valence-corrected chi connectivity index (χ2v) is 13.1. The molecule has 0 saturated heterocycles. The number of nitrogens with zero attached hydrogens (tertiary/aromatic N) is 2. The fourth-order valence-corrected chi connectivity index (χ4v) is 6.40. The molecule has 1 heterocycles. The summed E-state index contributed by atoms with van der Waals surface area (Å²) in [6, 6.07) is 41.9. The Kier molecular flexibility index (Phi) is 10.9. The fraction of sp³-hybridized carbons (Fsp3) is 0.0612. The van der Waals surface area contributed by atoms with Crippen molar-refractivity contribution in [3.05, 3.63) is 193 Å². The van der Waals surface area contributed by atoms with Crippen molar-refractivity contribution in [2.24, 2.45) is 5.73 Å². The van der Waals surface area contributed by atoms with Crippen LogP contribution in [0, 0.1) is 0 Å². The van der Waals surface area contributed by atoms with Crippen LogP contribution in [0.1, 0.15) is 24.6 Å². The summed E-state index contributed by atoms with van der Waals surface area (Å²) >= 11 is 0. The molecular formula is C49H43N5. The van der Waals surface area contributed by atoms with E-state index < -0.39 is 0 Å². The Bertz CT molecular complexity index is 2440. The van der Waals surface area contributed by atoms with Crippen LogP contribution in [0.3, 0.4) is 0 Å². The molecule has 0 saturated carbocycles. The topological polar surface area (TPSA) is 89.8 Å². The maximum atomic E-state index is 6.16. The molecule has 0 aliphatic heterocycles. The van der Waals surface area contributed by atoms with Gasteiger partial charge in [0.25, 0.3) is 0 Å². The average molecular weight is 702 g/mol. The van der Waals surface area contributed by atoms with Gasteiger partial charge in [0.2, 0.25) is 0 Å². The largest absolute Gasteiger partial charge is 0.399 e. The predicted molar refractivity (Wildman–Crippen MR) is 230 cm³/mol. The smallest absolute Gasteiger partial charge is 0.0973 e. The van der Waals surface area contributed by atoms with Gasteiger partial charge in [0, 0.05) is 46.4 Å².